The van der Waals surface area contributed by atoms with Gasteiger partial charge >= 0.3 is 199 Å². The van der Waals surface area contributed by atoms with Gasteiger partial charge < -0.3 is 34.2 Å². The van der Waals surface area contributed by atoms with E-state index in [9.17, 15) is 72.2 Å². The molecule has 0 saturated heterocycles. The maximum absolute atomic E-state index is 12.5. The molecule has 6 aromatic rings. The topological polar surface area (TPSA) is 515 Å². The Morgan fingerprint density at radius 1 is 0.514 bits per heavy atom. The minimum Gasteiger partial charge on any atom is -0.754 e. The zero-order valence-corrected chi connectivity index (χ0v) is 55.0. The van der Waals surface area contributed by atoms with Crippen LogP contribution in [0.1, 0.15) is 0 Å². The number of nitrogens with zero attached hydrogens (tertiary/aromatic N) is 7. The van der Waals surface area contributed by atoms with E-state index in [1.165, 1.54) is 24.3 Å². The van der Waals surface area contributed by atoms with Gasteiger partial charge in [0.1, 0.15) is 41.7 Å². The summed E-state index contributed by atoms with van der Waals surface area (Å²) in [6.07, 6.45) is 0. The van der Waals surface area contributed by atoms with E-state index in [4.69, 9.17) is 31.0 Å². The first-order valence-electron chi connectivity index (χ1n) is 16.5. The van der Waals surface area contributed by atoms with Crippen molar-refractivity contribution in [1.82, 2.24) is 0 Å². The minimum atomic E-state index is -5.77. The Morgan fingerprint density at radius 2 is 0.986 bits per heavy atom. The molecule has 0 spiro atoms. The molecule has 0 unspecified atom stereocenters. The summed E-state index contributed by atoms with van der Waals surface area (Å²) in [7, 11) is -27.9. The zero-order chi connectivity index (χ0) is 51.3. The number of azo groups is 3. The van der Waals surface area contributed by atoms with Gasteiger partial charge in [-0.1, -0.05) is 10.8 Å². The number of rotatable bonds is 11. The average Bonchev–Trinajstić information content (AvgIpc) is 3.20. The summed E-state index contributed by atoms with van der Waals surface area (Å²) >= 11 is 0. The van der Waals surface area contributed by atoms with Crippen molar-refractivity contribution >= 4 is 129 Å². The second-order valence-corrected chi connectivity index (χ2v) is 18.4. The van der Waals surface area contributed by atoms with Gasteiger partial charge in [-0.25, -0.2) is 25.3 Å². The number of phenolic OH excluding ortho intramolecular Hbond substituents is 2. The Kier molecular flexibility index (Phi) is 32.9. The van der Waals surface area contributed by atoms with Crippen LogP contribution < -0.4 is 183 Å². The first-order valence-corrected chi connectivity index (χ1v) is 24.2. The quantitative estimate of drug-likeness (QED) is 0.0206. The maximum atomic E-state index is 12.5. The zero-order valence-electron chi connectivity index (χ0n) is 38.1. The van der Waals surface area contributed by atoms with Crippen molar-refractivity contribution in [2.24, 2.45) is 30.7 Å². The molecule has 74 heavy (non-hydrogen) atoms. The van der Waals surface area contributed by atoms with E-state index in [-0.39, 0.29) is 205 Å². The van der Waals surface area contributed by atoms with Crippen LogP contribution in [0, 0.1) is 22.2 Å². The smallest absolute Gasteiger partial charge is 0.754 e. The van der Waals surface area contributed by atoms with E-state index < -0.39 is 137 Å². The fourth-order valence-corrected chi connectivity index (χ4v) is 7.83. The Hall–Kier alpha value is -1.68. The van der Waals surface area contributed by atoms with Crippen LogP contribution >= 0.6 is 0 Å². The third-order valence-electron chi connectivity index (χ3n) is 8.06. The van der Waals surface area contributed by atoms with Crippen LogP contribution in [-0.4, -0.2) is 92.3 Å². The van der Waals surface area contributed by atoms with Crippen LogP contribution in [0.3, 0.4) is 0 Å². The summed E-state index contributed by atoms with van der Waals surface area (Å²) in [5.41, 5.74) is 0.906. The van der Waals surface area contributed by atoms with E-state index in [0.717, 1.165) is 18.2 Å². The number of aromatic hydroxyl groups is 2. The second-order valence-electron chi connectivity index (χ2n) is 12.2. The summed E-state index contributed by atoms with van der Waals surface area (Å²) in [6, 6.07) is 15.5. The molecule has 6 rings (SSSR count). The van der Waals surface area contributed by atoms with Gasteiger partial charge in [-0.05, 0) is 47.0 Å². The van der Waals surface area contributed by atoms with E-state index in [1.807, 2.05) is 0 Å². The predicted octanol–water partition coefficient (Wildman–Crippen LogP) is -14.6. The third kappa shape index (κ3) is 20.5. The first kappa shape index (κ1) is 76.6. The monoisotopic (exact) mass is 1190 g/mol. The molecule has 0 fully saturated rings. The molecule has 0 atom stereocenters. The van der Waals surface area contributed by atoms with E-state index in [2.05, 4.69) is 42.8 Å². The fraction of sp³-hybridized carbons (Fsp3) is 0. The number of hydrogen-bond acceptors (Lipinski definition) is 29. The summed E-state index contributed by atoms with van der Waals surface area (Å²) < 4.78 is 194. The Labute approximate surface area is 552 Å². The number of phenols is 2. The second kappa shape index (κ2) is 31.8. The van der Waals surface area contributed by atoms with Gasteiger partial charge in [0.2, 0.25) is 0 Å². The number of anilines is 1. The molecule has 0 bridgehead atoms. The average molecular weight is 1190 g/mol. The van der Waals surface area contributed by atoms with Crippen molar-refractivity contribution in [2.75, 3.05) is 5.73 Å². The molecular formula is C32H16N8Na6O22S6. The van der Waals surface area contributed by atoms with Crippen LogP contribution in [0.5, 0.6) is 11.5 Å². The number of benzene rings is 6. The number of nitro groups is 1. The van der Waals surface area contributed by atoms with Crippen molar-refractivity contribution in [3.05, 3.63) is 95.0 Å². The summed E-state index contributed by atoms with van der Waals surface area (Å²) in [4.78, 5) is 5.82. The molecule has 0 heterocycles. The molecule has 30 nitrogen and oxygen atoms in total. The first-order chi connectivity index (χ1) is 31.3. The van der Waals surface area contributed by atoms with Crippen LogP contribution in [-0.2, 0) is 61.7 Å². The Balaban J connectivity index is -0.00000336. The normalized spacial score (nSPS) is 11.2. The minimum absolute atomic E-state index is 0. The van der Waals surface area contributed by atoms with Crippen molar-refractivity contribution in [1.29, 1.82) is 0 Å². The summed E-state index contributed by atoms with van der Waals surface area (Å²) in [5, 5.41) is 54.3. The molecule has 0 amide bonds. The molecule has 42 heteroatoms. The molecule has 0 aliphatic heterocycles. The van der Waals surface area contributed by atoms with Crippen molar-refractivity contribution in [2.45, 2.75) is 19.6 Å². The molecule has 0 radical (unpaired) electrons. The fourth-order valence-electron chi connectivity index (χ4n) is 5.44. The number of fused-ring (bicyclic) bond motifs is 2. The van der Waals surface area contributed by atoms with Gasteiger partial charge in [0.25, 0.3) is 5.69 Å². The molecule has 0 saturated carbocycles. The number of nitro benzene ring substituents is 1. The van der Waals surface area contributed by atoms with Gasteiger partial charge in [-0.2, -0.15) is 45.7 Å². The Bertz CT molecular complexity index is 3880. The van der Waals surface area contributed by atoms with Crippen LogP contribution in [0.2, 0.25) is 0 Å². The number of nitrogens with two attached hydrogens (primary N) is 1. The molecule has 0 aromatic heterocycles. The SMILES string of the molecule is Nc1c(N=Nc2ccc(N=Nc3cc[c-]cc3S(=O)(=O)[O-])c3c[c-]cc(O)c23)cc(S(=O)(=O)[O-])c2cc(S(=O)(=O)[O-])c(N=Nc3ccc(S(=O)(=O)[O-])cc3[N+](=O)[O-])c(O)c12.O=S(=O)=O.O=S(=O)=O.[Na+].[Na+].[Na+].[Na+].[Na+].[Na+]. The van der Waals surface area contributed by atoms with Gasteiger partial charge in [0.15, 0.2) is 11.4 Å². The third-order valence-corrected chi connectivity index (χ3v) is 11.5. The Morgan fingerprint density at radius 3 is 1.50 bits per heavy atom. The van der Waals surface area contributed by atoms with Crippen molar-refractivity contribution < 1.29 is 270 Å². The number of nitrogen functional groups attached to an aromatic ring is 1. The van der Waals surface area contributed by atoms with Gasteiger partial charge in [-0.3, -0.25) is 18.5 Å². The van der Waals surface area contributed by atoms with Crippen LogP contribution in [0.15, 0.2) is 123 Å². The summed E-state index contributed by atoms with van der Waals surface area (Å²) in [5.74, 6) is -1.92. The standard InChI is InChI=1S/C32H20N8O16S4.6Na.2O3S/c33-30-22(38-37-21-11-10-18(16-4-3-6-24(41)28(16)21)34-36-20-5-1-2-7-25(20)58(48,49)50)14-26(59(51,52)53)17-13-27(60(54,55)56)31(32(42)29(17)30)39-35-19-9-8-15(57(45,46)47)12-23(19)40(43)44;;;;;;;2*1-4(2)3/h1,4-14,41-42H,33H2,(H,45,46,47)(H,48,49,50)(H,51,52,53)(H,54,55,56);;;;;;;;/q-2;6*+1;;/p-4. The largest absolute Gasteiger partial charge is 1.00 e. The van der Waals surface area contributed by atoms with Gasteiger partial charge in [-0.15, -0.1) is 52.7 Å². The van der Waals surface area contributed by atoms with E-state index in [1.54, 1.807) is 0 Å². The number of hydrogen-bond donors (Lipinski definition) is 3. The van der Waals surface area contributed by atoms with Crippen molar-refractivity contribution in [3.63, 3.8) is 0 Å². The maximum Gasteiger partial charge on any atom is 1.00 e. The summed E-state index contributed by atoms with van der Waals surface area (Å²) in [6.45, 7) is 0. The molecule has 0 aliphatic carbocycles. The van der Waals surface area contributed by atoms with Crippen LogP contribution in [0.4, 0.5) is 45.5 Å². The van der Waals surface area contributed by atoms with Crippen LogP contribution in [0.25, 0.3) is 21.5 Å². The predicted molar refractivity (Wildman–Crippen MR) is 217 cm³/mol. The molecule has 6 aromatic carbocycles. The molecular weight excluding hydrogens is 1180 g/mol. The molecule has 0 aliphatic rings. The van der Waals surface area contributed by atoms with E-state index in [0.29, 0.717) is 30.3 Å². The van der Waals surface area contributed by atoms with Gasteiger partial charge in [0.05, 0.1) is 46.5 Å². The van der Waals surface area contributed by atoms with Crippen molar-refractivity contribution in [3.8, 4) is 11.5 Å². The molecule has 4 N–H and O–H groups in total. The van der Waals surface area contributed by atoms with Gasteiger partial charge in [0, 0.05) is 22.9 Å². The molecule has 358 valence electrons. The van der Waals surface area contributed by atoms with E-state index >= 15 is 0 Å².